The highest BCUT2D eigenvalue weighted by molar-refractivity contribution is 6.04. The first-order chi connectivity index (χ1) is 12.9. The molecule has 0 spiro atoms. The van der Waals surface area contributed by atoms with E-state index < -0.39 is 5.97 Å². The summed E-state index contributed by atoms with van der Waals surface area (Å²) >= 11 is 0. The van der Waals surface area contributed by atoms with Crippen LogP contribution in [0.4, 0.5) is 0 Å². The second-order valence-corrected chi connectivity index (χ2v) is 5.55. The van der Waals surface area contributed by atoms with Crippen LogP contribution in [0, 0.1) is 0 Å². The summed E-state index contributed by atoms with van der Waals surface area (Å²) in [7, 11) is 5.91. The van der Waals surface area contributed by atoms with Crippen LogP contribution in [-0.4, -0.2) is 50.7 Å². The Morgan fingerprint density at radius 1 is 1.15 bits per heavy atom. The molecule has 8 nitrogen and oxygen atoms in total. The van der Waals surface area contributed by atoms with Gasteiger partial charge in [-0.3, -0.25) is 0 Å². The number of nitrogens with zero attached hydrogens (tertiary/aromatic N) is 1. The van der Waals surface area contributed by atoms with Crippen LogP contribution in [0.3, 0.4) is 0 Å². The number of hydrogen-bond acceptors (Lipinski definition) is 6. The number of carbonyl (C=O) groups is 1. The lowest BCUT2D eigenvalue weighted by Gasteiger charge is -2.17. The fourth-order valence-electron chi connectivity index (χ4n) is 2.89. The van der Waals surface area contributed by atoms with Crippen LogP contribution in [0.2, 0.25) is 0 Å². The van der Waals surface area contributed by atoms with Gasteiger partial charge in [0.15, 0.2) is 11.5 Å². The lowest BCUT2D eigenvalue weighted by atomic mass is 9.95. The predicted molar refractivity (Wildman–Crippen MR) is 102 cm³/mol. The van der Waals surface area contributed by atoms with Gasteiger partial charge in [0.05, 0.1) is 33.2 Å². The van der Waals surface area contributed by atoms with Crippen molar-refractivity contribution in [1.29, 1.82) is 0 Å². The van der Waals surface area contributed by atoms with Crippen LogP contribution in [0.1, 0.15) is 28.7 Å². The first-order valence-electron chi connectivity index (χ1n) is 7.92. The number of hydrogen-bond donors (Lipinski definition) is 2. The second kappa shape index (κ2) is 8.31. The summed E-state index contributed by atoms with van der Waals surface area (Å²) < 4.78 is 16.3. The topological polar surface area (TPSA) is 102 Å². The van der Waals surface area contributed by atoms with Gasteiger partial charge in [-0.2, -0.15) is 0 Å². The quantitative estimate of drug-likeness (QED) is 0.542. The van der Waals surface area contributed by atoms with Crippen LogP contribution in [0.5, 0.6) is 17.2 Å². The first kappa shape index (κ1) is 19.9. The summed E-state index contributed by atoms with van der Waals surface area (Å²) in [5.74, 6) is 0.141. The highest BCUT2D eigenvalue weighted by Crippen LogP contribution is 2.47. The van der Waals surface area contributed by atoms with E-state index in [9.17, 15) is 9.90 Å². The normalized spacial score (nSPS) is 10.7. The Kier molecular flexibility index (Phi) is 6.12. The van der Waals surface area contributed by atoms with E-state index in [-0.39, 0.29) is 5.69 Å². The highest BCUT2D eigenvalue weighted by atomic mass is 16.6. The molecule has 8 heteroatoms. The maximum absolute atomic E-state index is 11.8. The van der Waals surface area contributed by atoms with Crippen molar-refractivity contribution >= 4 is 17.8 Å². The van der Waals surface area contributed by atoms with Crippen molar-refractivity contribution in [2.24, 2.45) is 5.16 Å². The van der Waals surface area contributed by atoms with Crippen molar-refractivity contribution in [3.8, 4) is 28.4 Å². The number of H-pyrrole nitrogens is 1. The Hall–Kier alpha value is -3.42. The minimum absolute atomic E-state index is 0.00751. The third-order valence-corrected chi connectivity index (χ3v) is 3.93. The number of nitrogens with one attached hydrogen (secondary N) is 1. The molecule has 144 valence electrons. The molecule has 0 fully saturated rings. The van der Waals surface area contributed by atoms with Gasteiger partial charge in [0.1, 0.15) is 12.8 Å². The number of carboxylic acid groups (broad SMARTS) is 1. The number of benzene rings is 1. The Bertz CT molecular complexity index is 898. The predicted octanol–water partition coefficient (Wildman–Crippen LogP) is 3.42. The molecule has 0 bridgehead atoms. The van der Waals surface area contributed by atoms with Crippen molar-refractivity contribution in [2.75, 3.05) is 28.4 Å². The Balaban J connectivity index is 2.94. The molecule has 0 aliphatic rings. The molecule has 2 aromatic rings. The molecule has 27 heavy (non-hydrogen) atoms. The SMILES string of the molecule is C=C(C)c1c(C(=O)O)[nH]c(/C=N/OC)c1-c1ccc(OC)c(OC)c1OC. The summed E-state index contributed by atoms with van der Waals surface area (Å²) in [6.07, 6.45) is 1.39. The summed E-state index contributed by atoms with van der Waals surface area (Å²) in [4.78, 5) is 19.4. The number of aromatic carboxylic acids is 1. The van der Waals surface area contributed by atoms with Gasteiger partial charge in [0.25, 0.3) is 0 Å². The number of ether oxygens (including phenoxy) is 3. The molecule has 0 radical (unpaired) electrons. The van der Waals surface area contributed by atoms with E-state index in [1.165, 1.54) is 34.7 Å². The van der Waals surface area contributed by atoms with Gasteiger partial charge < -0.3 is 29.1 Å². The van der Waals surface area contributed by atoms with Crippen LogP contribution >= 0.6 is 0 Å². The molecular formula is C19H22N2O6. The zero-order chi connectivity index (χ0) is 20.1. The van der Waals surface area contributed by atoms with Crippen molar-refractivity contribution in [2.45, 2.75) is 6.92 Å². The Morgan fingerprint density at radius 3 is 2.30 bits per heavy atom. The molecule has 1 aromatic heterocycles. The van der Waals surface area contributed by atoms with Gasteiger partial charge in [-0.15, -0.1) is 0 Å². The van der Waals surface area contributed by atoms with Crippen LogP contribution in [-0.2, 0) is 4.84 Å². The summed E-state index contributed by atoms with van der Waals surface area (Å²) in [5, 5.41) is 13.4. The molecule has 0 aliphatic heterocycles. The van der Waals surface area contributed by atoms with Gasteiger partial charge >= 0.3 is 5.97 Å². The zero-order valence-corrected chi connectivity index (χ0v) is 15.9. The number of allylic oxidation sites excluding steroid dienone is 1. The molecule has 1 heterocycles. The van der Waals surface area contributed by atoms with E-state index in [0.717, 1.165) is 0 Å². The first-order valence-corrected chi connectivity index (χ1v) is 7.92. The number of rotatable bonds is 8. The van der Waals surface area contributed by atoms with E-state index in [2.05, 4.69) is 16.7 Å². The van der Waals surface area contributed by atoms with Crippen molar-refractivity contribution < 1.29 is 28.9 Å². The van der Waals surface area contributed by atoms with Gasteiger partial charge in [-0.05, 0) is 24.6 Å². The smallest absolute Gasteiger partial charge is 0.352 e. The molecule has 1 aromatic carbocycles. The molecule has 0 aliphatic carbocycles. The molecule has 0 atom stereocenters. The average Bonchev–Trinajstić information content (AvgIpc) is 3.04. The van der Waals surface area contributed by atoms with Crippen LogP contribution in [0.25, 0.3) is 16.7 Å². The van der Waals surface area contributed by atoms with Gasteiger partial charge in [-0.1, -0.05) is 11.7 Å². The van der Waals surface area contributed by atoms with Crippen LogP contribution < -0.4 is 14.2 Å². The van der Waals surface area contributed by atoms with E-state index in [4.69, 9.17) is 19.0 Å². The molecular weight excluding hydrogens is 352 g/mol. The van der Waals surface area contributed by atoms with Gasteiger partial charge in [0.2, 0.25) is 5.75 Å². The molecule has 2 rings (SSSR count). The lowest BCUT2D eigenvalue weighted by molar-refractivity contribution is 0.0691. The standard InChI is InChI=1S/C19H22N2O6/c1-10(2)14-15(12(9-20-27-6)21-16(14)19(22)23)11-7-8-13(24-3)18(26-5)17(11)25-4/h7-9,21H,1H2,2-6H3,(H,22,23)/b20-9+. The van der Waals surface area contributed by atoms with Crippen molar-refractivity contribution in [1.82, 2.24) is 4.98 Å². The molecule has 0 unspecified atom stereocenters. The number of oxime groups is 1. The van der Waals surface area contributed by atoms with Crippen molar-refractivity contribution in [3.63, 3.8) is 0 Å². The number of methoxy groups -OCH3 is 3. The second-order valence-electron chi connectivity index (χ2n) is 5.55. The third-order valence-electron chi connectivity index (χ3n) is 3.93. The van der Waals surface area contributed by atoms with E-state index in [1.807, 2.05) is 0 Å². The Morgan fingerprint density at radius 2 is 1.81 bits per heavy atom. The molecule has 0 saturated heterocycles. The third kappa shape index (κ3) is 3.59. The van der Waals surface area contributed by atoms with Gasteiger partial charge in [0, 0.05) is 16.7 Å². The Labute approximate surface area is 157 Å². The molecule has 2 N–H and O–H groups in total. The monoisotopic (exact) mass is 374 g/mol. The average molecular weight is 374 g/mol. The summed E-state index contributed by atoms with van der Waals surface area (Å²) in [6.45, 7) is 5.65. The van der Waals surface area contributed by atoms with E-state index in [1.54, 1.807) is 19.1 Å². The number of carboxylic acids is 1. The minimum Gasteiger partial charge on any atom is -0.493 e. The number of aromatic nitrogens is 1. The largest absolute Gasteiger partial charge is 0.493 e. The maximum Gasteiger partial charge on any atom is 0.352 e. The molecule has 0 saturated carbocycles. The lowest BCUT2D eigenvalue weighted by Crippen LogP contribution is -2.01. The zero-order valence-electron chi connectivity index (χ0n) is 15.9. The van der Waals surface area contributed by atoms with Crippen LogP contribution in [0.15, 0.2) is 23.9 Å². The number of aromatic amines is 1. The summed E-state index contributed by atoms with van der Waals surface area (Å²) in [5.41, 5.74) is 2.57. The highest BCUT2D eigenvalue weighted by Gasteiger charge is 2.27. The van der Waals surface area contributed by atoms with Gasteiger partial charge in [-0.25, -0.2) is 4.79 Å². The van der Waals surface area contributed by atoms with E-state index in [0.29, 0.717) is 45.2 Å². The minimum atomic E-state index is -1.12. The molecule has 0 amide bonds. The fraction of sp³-hybridized carbons (Fsp3) is 0.263. The van der Waals surface area contributed by atoms with E-state index >= 15 is 0 Å². The summed E-state index contributed by atoms with van der Waals surface area (Å²) in [6, 6.07) is 3.47. The fourth-order valence-corrected chi connectivity index (χ4v) is 2.89. The maximum atomic E-state index is 11.8. The van der Waals surface area contributed by atoms with Crippen molar-refractivity contribution in [3.05, 3.63) is 35.7 Å².